The Labute approximate surface area is 118 Å². The molecule has 20 heavy (non-hydrogen) atoms. The number of nitrogens with zero attached hydrogens (tertiary/aromatic N) is 1. The Morgan fingerprint density at radius 3 is 2.70 bits per heavy atom. The van der Waals surface area contributed by atoms with Crippen molar-refractivity contribution in [1.29, 1.82) is 0 Å². The first-order chi connectivity index (χ1) is 9.93. The first-order valence-corrected chi connectivity index (χ1v) is 7.17. The molecule has 3 heteroatoms. The maximum absolute atomic E-state index is 4.12. The molecule has 2 aromatic heterocycles. The van der Waals surface area contributed by atoms with Crippen LogP contribution in [0.1, 0.15) is 11.3 Å². The van der Waals surface area contributed by atoms with Crippen molar-refractivity contribution in [3.63, 3.8) is 0 Å². The molecule has 100 valence electrons. The van der Waals surface area contributed by atoms with E-state index >= 15 is 0 Å². The van der Waals surface area contributed by atoms with E-state index in [1.807, 2.05) is 12.4 Å². The van der Waals surface area contributed by atoms with Gasteiger partial charge < -0.3 is 10.3 Å². The van der Waals surface area contributed by atoms with Crippen LogP contribution >= 0.6 is 0 Å². The Kier molecular flexibility index (Phi) is 2.78. The summed E-state index contributed by atoms with van der Waals surface area (Å²) in [6.07, 6.45) is 5.90. The fourth-order valence-corrected chi connectivity index (χ4v) is 3.18. The zero-order valence-corrected chi connectivity index (χ0v) is 11.3. The molecular weight excluding hydrogens is 246 g/mol. The first kappa shape index (κ1) is 11.7. The average Bonchev–Trinajstić information content (AvgIpc) is 2.70. The van der Waals surface area contributed by atoms with Crippen LogP contribution in [-0.4, -0.2) is 23.1 Å². The number of nitrogens with one attached hydrogen (secondary N) is 2. The summed E-state index contributed by atoms with van der Waals surface area (Å²) in [6.45, 7) is 2.12. The van der Waals surface area contributed by atoms with Crippen molar-refractivity contribution in [3.05, 3.63) is 54.0 Å². The molecule has 1 aliphatic heterocycles. The summed E-state index contributed by atoms with van der Waals surface area (Å²) in [4.78, 5) is 7.73. The van der Waals surface area contributed by atoms with E-state index in [4.69, 9.17) is 0 Å². The van der Waals surface area contributed by atoms with Crippen molar-refractivity contribution in [2.45, 2.75) is 12.8 Å². The van der Waals surface area contributed by atoms with Gasteiger partial charge in [0.15, 0.2) is 0 Å². The van der Waals surface area contributed by atoms with E-state index in [1.165, 1.54) is 33.3 Å². The highest BCUT2D eigenvalue weighted by molar-refractivity contribution is 5.98. The molecule has 0 atom stereocenters. The van der Waals surface area contributed by atoms with Crippen LogP contribution in [0.4, 0.5) is 0 Å². The number of pyridine rings is 1. The van der Waals surface area contributed by atoms with Gasteiger partial charge in [0.2, 0.25) is 0 Å². The molecule has 0 fully saturated rings. The highest BCUT2D eigenvalue weighted by Crippen LogP contribution is 2.33. The Morgan fingerprint density at radius 1 is 0.950 bits per heavy atom. The van der Waals surface area contributed by atoms with Crippen LogP contribution in [0.2, 0.25) is 0 Å². The quantitative estimate of drug-likeness (QED) is 0.708. The van der Waals surface area contributed by atoms with Crippen LogP contribution in [0.25, 0.3) is 22.0 Å². The molecule has 0 spiro atoms. The van der Waals surface area contributed by atoms with Crippen molar-refractivity contribution < 1.29 is 0 Å². The third kappa shape index (κ3) is 1.82. The van der Waals surface area contributed by atoms with Crippen LogP contribution < -0.4 is 5.32 Å². The molecule has 2 N–H and O–H groups in total. The molecule has 3 aromatic rings. The molecular formula is C17H17N3. The van der Waals surface area contributed by atoms with Gasteiger partial charge in [-0.05, 0) is 47.9 Å². The molecule has 4 rings (SSSR count). The molecule has 0 saturated carbocycles. The third-order valence-corrected chi connectivity index (χ3v) is 4.11. The van der Waals surface area contributed by atoms with Gasteiger partial charge >= 0.3 is 0 Å². The summed E-state index contributed by atoms with van der Waals surface area (Å²) >= 11 is 0. The minimum absolute atomic E-state index is 1.06. The molecule has 0 aliphatic carbocycles. The van der Waals surface area contributed by atoms with E-state index in [9.17, 15) is 0 Å². The van der Waals surface area contributed by atoms with Gasteiger partial charge in [0.05, 0.1) is 0 Å². The molecule has 0 amide bonds. The second-order valence-corrected chi connectivity index (χ2v) is 5.30. The predicted octanol–water partition coefficient (Wildman–Crippen LogP) is 2.92. The zero-order chi connectivity index (χ0) is 13.4. The van der Waals surface area contributed by atoms with Crippen molar-refractivity contribution in [1.82, 2.24) is 15.3 Å². The second-order valence-electron chi connectivity index (χ2n) is 5.30. The lowest BCUT2D eigenvalue weighted by Crippen LogP contribution is -2.16. The van der Waals surface area contributed by atoms with E-state index in [2.05, 4.69) is 45.6 Å². The number of hydrogen-bond donors (Lipinski definition) is 2. The summed E-state index contributed by atoms with van der Waals surface area (Å²) < 4.78 is 0. The van der Waals surface area contributed by atoms with Crippen LogP contribution in [0.15, 0.2) is 42.7 Å². The highest BCUT2D eigenvalue weighted by atomic mass is 14.9. The van der Waals surface area contributed by atoms with Crippen LogP contribution in [0.5, 0.6) is 0 Å². The van der Waals surface area contributed by atoms with Gasteiger partial charge in [-0.15, -0.1) is 0 Å². The minimum Gasteiger partial charge on any atom is -0.358 e. The summed E-state index contributed by atoms with van der Waals surface area (Å²) in [7, 11) is 0. The van der Waals surface area contributed by atoms with Gasteiger partial charge in [0, 0.05) is 42.0 Å². The monoisotopic (exact) mass is 263 g/mol. The smallest absolute Gasteiger partial charge is 0.0465 e. The van der Waals surface area contributed by atoms with E-state index in [0.29, 0.717) is 0 Å². The van der Waals surface area contributed by atoms with E-state index < -0.39 is 0 Å². The van der Waals surface area contributed by atoms with Crippen LogP contribution in [-0.2, 0) is 12.8 Å². The van der Waals surface area contributed by atoms with Crippen molar-refractivity contribution in [2.24, 2.45) is 0 Å². The van der Waals surface area contributed by atoms with Gasteiger partial charge in [-0.25, -0.2) is 0 Å². The first-order valence-electron chi connectivity index (χ1n) is 7.17. The largest absolute Gasteiger partial charge is 0.358 e. The predicted molar refractivity (Wildman–Crippen MR) is 81.8 cm³/mol. The Morgan fingerprint density at radius 2 is 1.80 bits per heavy atom. The zero-order valence-electron chi connectivity index (χ0n) is 11.3. The molecule has 0 bridgehead atoms. The molecule has 1 aliphatic rings. The lowest BCUT2D eigenvalue weighted by molar-refractivity contribution is 0.708. The molecule has 0 radical (unpaired) electrons. The molecule has 0 unspecified atom stereocenters. The number of rotatable bonds is 1. The SMILES string of the molecule is c1cc(-c2ccncc2)c2c3c([nH]c2c1)CCNCC3. The summed E-state index contributed by atoms with van der Waals surface area (Å²) in [5.41, 5.74) is 6.68. The van der Waals surface area contributed by atoms with E-state index in [-0.39, 0.29) is 0 Å². The van der Waals surface area contributed by atoms with E-state index in [1.54, 1.807) is 0 Å². The Bertz CT molecular complexity index is 744. The van der Waals surface area contributed by atoms with Gasteiger partial charge in [0.25, 0.3) is 0 Å². The lowest BCUT2D eigenvalue weighted by Gasteiger charge is -2.06. The highest BCUT2D eigenvalue weighted by Gasteiger charge is 2.16. The Balaban J connectivity index is 2.00. The normalized spacial score (nSPS) is 15.0. The van der Waals surface area contributed by atoms with E-state index in [0.717, 1.165) is 25.9 Å². The Hall–Kier alpha value is -2.13. The van der Waals surface area contributed by atoms with Gasteiger partial charge in [-0.3, -0.25) is 4.98 Å². The summed E-state index contributed by atoms with van der Waals surface area (Å²) in [6, 6.07) is 10.7. The summed E-state index contributed by atoms with van der Waals surface area (Å²) in [5.74, 6) is 0. The van der Waals surface area contributed by atoms with Crippen LogP contribution in [0.3, 0.4) is 0 Å². The number of aromatic nitrogens is 2. The maximum Gasteiger partial charge on any atom is 0.0465 e. The number of benzene rings is 1. The minimum atomic E-state index is 1.06. The van der Waals surface area contributed by atoms with Gasteiger partial charge in [-0.1, -0.05) is 12.1 Å². The summed E-state index contributed by atoms with van der Waals surface area (Å²) in [5, 5.41) is 4.86. The van der Waals surface area contributed by atoms with Gasteiger partial charge in [-0.2, -0.15) is 0 Å². The van der Waals surface area contributed by atoms with Crippen molar-refractivity contribution >= 4 is 10.9 Å². The topological polar surface area (TPSA) is 40.7 Å². The lowest BCUT2D eigenvalue weighted by atomic mass is 9.97. The van der Waals surface area contributed by atoms with Crippen LogP contribution in [0, 0.1) is 0 Å². The molecule has 3 heterocycles. The van der Waals surface area contributed by atoms with Gasteiger partial charge in [0.1, 0.15) is 0 Å². The third-order valence-electron chi connectivity index (χ3n) is 4.11. The number of fused-ring (bicyclic) bond motifs is 3. The maximum atomic E-state index is 4.12. The number of H-pyrrole nitrogens is 1. The fraction of sp³-hybridized carbons (Fsp3) is 0.235. The van der Waals surface area contributed by atoms with Crippen molar-refractivity contribution in [3.8, 4) is 11.1 Å². The molecule has 1 aromatic carbocycles. The standard InChI is InChI=1S/C17H17N3/c1-2-13(12-4-8-18-9-5-12)17-14-6-10-19-11-7-15(14)20-16(17)3-1/h1-5,8-9,19-20H,6-7,10-11H2. The fourth-order valence-electron chi connectivity index (χ4n) is 3.18. The average molecular weight is 263 g/mol. The van der Waals surface area contributed by atoms with Crippen molar-refractivity contribution in [2.75, 3.05) is 13.1 Å². The number of hydrogen-bond acceptors (Lipinski definition) is 2. The molecule has 0 saturated heterocycles. The number of aromatic amines is 1. The molecule has 3 nitrogen and oxygen atoms in total. The second kappa shape index (κ2) is 4.76.